The highest BCUT2D eigenvalue weighted by molar-refractivity contribution is 5.00. The quantitative estimate of drug-likeness (QED) is 0.829. The fourth-order valence-electron chi connectivity index (χ4n) is 1.49. The summed E-state index contributed by atoms with van der Waals surface area (Å²) in [5.41, 5.74) is 0. The molecule has 0 aromatic carbocycles. The van der Waals surface area contributed by atoms with Gasteiger partial charge in [-0.15, -0.1) is 0 Å². The van der Waals surface area contributed by atoms with E-state index in [1.165, 1.54) is 0 Å². The molecule has 84 valence electrons. The molecule has 4 heteroatoms. The van der Waals surface area contributed by atoms with E-state index in [2.05, 4.69) is 22.2 Å². The summed E-state index contributed by atoms with van der Waals surface area (Å²) in [5, 5.41) is 3.35. The molecule has 0 fully saturated rings. The van der Waals surface area contributed by atoms with Crippen LogP contribution in [0, 0.1) is 0 Å². The van der Waals surface area contributed by atoms with E-state index in [1.54, 1.807) is 18.7 Å². The molecule has 2 heterocycles. The summed E-state index contributed by atoms with van der Waals surface area (Å²) in [5.74, 6) is 1.81. The SMILES string of the molecule is CC(Cc1ccco1)NCc1ncccn1. The highest BCUT2D eigenvalue weighted by atomic mass is 16.3. The van der Waals surface area contributed by atoms with Crippen LogP contribution < -0.4 is 5.32 Å². The number of rotatable bonds is 5. The van der Waals surface area contributed by atoms with E-state index < -0.39 is 0 Å². The molecule has 0 amide bonds. The molecule has 0 aliphatic carbocycles. The summed E-state index contributed by atoms with van der Waals surface area (Å²) < 4.78 is 5.28. The maximum atomic E-state index is 5.28. The van der Waals surface area contributed by atoms with Gasteiger partial charge in [-0.1, -0.05) is 0 Å². The highest BCUT2D eigenvalue weighted by Crippen LogP contribution is 2.04. The van der Waals surface area contributed by atoms with E-state index >= 15 is 0 Å². The zero-order valence-corrected chi connectivity index (χ0v) is 9.26. The zero-order chi connectivity index (χ0) is 11.2. The largest absolute Gasteiger partial charge is 0.469 e. The summed E-state index contributed by atoms with van der Waals surface area (Å²) in [6.45, 7) is 2.80. The van der Waals surface area contributed by atoms with Crippen LogP contribution in [-0.2, 0) is 13.0 Å². The molecule has 0 spiro atoms. The predicted octanol–water partition coefficient (Wildman–Crippen LogP) is 1.79. The molecule has 0 saturated carbocycles. The van der Waals surface area contributed by atoms with E-state index in [0.717, 1.165) is 18.0 Å². The Kier molecular flexibility index (Phi) is 3.66. The molecular formula is C12H15N3O. The van der Waals surface area contributed by atoms with Crippen molar-refractivity contribution in [1.82, 2.24) is 15.3 Å². The van der Waals surface area contributed by atoms with Gasteiger partial charge in [0.1, 0.15) is 11.6 Å². The first-order valence-corrected chi connectivity index (χ1v) is 5.36. The molecule has 4 nitrogen and oxygen atoms in total. The van der Waals surface area contributed by atoms with Crippen molar-refractivity contribution in [3.63, 3.8) is 0 Å². The van der Waals surface area contributed by atoms with Crippen molar-refractivity contribution in [1.29, 1.82) is 0 Å². The third-order valence-electron chi connectivity index (χ3n) is 2.32. The lowest BCUT2D eigenvalue weighted by atomic mass is 10.2. The minimum absolute atomic E-state index is 0.343. The maximum Gasteiger partial charge on any atom is 0.141 e. The smallest absolute Gasteiger partial charge is 0.141 e. The van der Waals surface area contributed by atoms with Gasteiger partial charge in [0, 0.05) is 24.9 Å². The Labute approximate surface area is 94.7 Å². The van der Waals surface area contributed by atoms with Crippen molar-refractivity contribution in [2.75, 3.05) is 0 Å². The maximum absolute atomic E-state index is 5.28. The van der Waals surface area contributed by atoms with Crippen LogP contribution >= 0.6 is 0 Å². The fraction of sp³-hybridized carbons (Fsp3) is 0.333. The van der Waals surface area contributed by atoms with Crippen LogP contribution in [0.15, 0.2) is 41.3 Å². The number of hydrogen-bond acceptors (Lipinski definition) is 4. The molecule has 1 unspecified atom stereocenters. The van der Waals surface area contributed by atoms with Crippen LogP contribution in [0.5, 0.6) is 0 Å². The van der Waals surface area contributed by atoms with Crippen LogP contribution in [0.1, 0.15) is 18.5 Å². The number of furan rings is 1. The Morgan fingerprint density at radius 2 is 2.12 bits per heavy atom. The molecule has 0 bridgehead atoms. The minimum atomic E-state index is 0.343. The first-order valence-electron chi connectivity index (χ1n) is 5.36. The highest BCUT2D eigenvalue weighted by Gasteiger charge is 2.05. The molecule has 0 saturated heterocycles. The summed E-state index contributed by atoms with van der Waals surface area (Å²) >= 11 is 0. The molecule has 0 radical (unpaired) electrons. The van der Waals surface area contributed by atoms with Gasteiger partial charge in [0.05, 0.1) is 12.8 Å². The molecule has 1 atom stereocenters. The molecule has 2 aromatic rings. The van der Waals surface area contributed by atoms with Crippen molar-refractivity contribution in [2.24, 2.45) is 0 Å². The molecule has 0 aliphatic rings. The average molecular weight is 217 g/mol. The molecule has 16 heavy (non-hydrogen) atoms. The number of nitrogens with one attached hydrogen (secondary N) is 1. The van der Waals surface area contributed by atoms with Gasteiger partial charge in [-0.3, -0.25) is 0 Å². The molecular weight excluding hydrogens is 202 g/mol. The lowest BCUT2D eigenvalue weighted by Crippen LogP contribution is -2.28. The van der Waals surface area contributed by atoms with Gasteiger partial charge in [0.15, 0.2) is 0 Å². The Balaban J connectivity index is 1.78. The monoisotopic (exact) mass is 217 g/mol. The molecule has 1 N–H and O–H groups in total. The topological polar surface area (TPSA) is 51.0 Å². The number of nitrogens with zero attached hydrogens (tertiary/aromatic N) is 2. The van der Waals surface area contributed by atoms with E-state index in [0.29, 0.717) is 12.6 Å². The summed E-state index contributed by atoms with van der Waals surface area (Å²) in [6, 6.07) is 6.05. The number of aromatic nitrogens is 2. The van der Waals surface area contributed by atoms with Crippen LogP contribution in [0.2, 0.25) is 0 Å². The van der Waals surface area contributed by atoms with Gasteiger partial charge >= 0.3 is 0 Å². The summed E-state index contributed by atoms with van der Waals surface area (Å²) in [6.07, 6.45) is 6.07. The molecule has 0 aliphatic heterocycles. The van der Waals surface area contributed by atoms with Gasteiger partial charge in [-0.25, -0.2) is 9.97 Å². The second kappa shape index (κ2) is 5.42. The summed E-state index contributed by atoms with van der Waals surface area (Å²) in [7, 11) is 0. The zero-order valence-electron chi connectivity index (χ0n) is 9.26. The van der Waals surface area contributed by atoms with E-state index in [4.69, 9.17) is 4.42 Å². The predicted molar refractivity (Wildman–Crippen MR) is 60.7 cm³/mol. The van der Waals surface area contributed by atoms with E-state index in [9.17, 15) is 0 Å². The summed E-state index contributed by atoms with van der Waals surface area (Å²) in [4.78, 5) is 8.30. The molecule has 2 rings (SSSR count). The lowest BCUT2D eigenvalue weighted by Gasteiger charge is -2.11. The first kappa shape index (κ1) is 10.8. The number of hydrogen-bond donors (Lipinski definition) is 1. The normalized spacial score (nSPS) is 12.6. The van der Waals surface area contributed by atoms with Crippen molar-refractivity contribution in [2.45, 2.75) is 25.9 Å². The molecule has 2 aromatic heterocycles. The van der Waals surface area contributed by atoms with Gasteiger partial charge in [-0.05, 0) is 25.1 Å². The standard InChI is InChI=1S/C12H15N3O/c1-10(8-11-4-2-7-16-11)15-9-12-13-5-3-6-14-12/h2-7,10,15H,8-9H2,1H3. The third-order valence-corrected chi connectivity index (χ3v) is 2.32. The average Bonchev–Trinajstić information content (AvgIpc) is 2.81. The van der Waals surface area contributed by atoms with E-state index in [-0.39, 0.29) is 0 Å². The third kappa shape index (κ3) is 3.17. The second-order valence-electron chi connectivity index (χ2n) is 3.73. The van der Waals surface area contributed by atoms with Crippen LogP contribution in [-0.4, -0.2) is 16.0 Å². The fourth-order valence-corrected chi connectivity index (χ4v) is 1.49. The van der Waals surface area contributed by atoms with Crippen molar-refractivity contribution in [3.8, 4) is 0 Å². The second-order valence-corrected chi connectivity index (χ2v) is 3.73. The van der Waals surface area contributed by atoms with Crippen molar-refractivity contribution < 1.29 is 4.42 Å². The minimum Gasteiger partial charge on any atom is -0.469 e. The van der Waals surface area contributed by atoms with Gasteiger partial charge < -0.3 is 9.73 Å². The Hall–Kier alpha value is -1.68. The first-order chi connectivity index (χ1) is 7.84. The van der Waals surface area contributed by atoms with Crippen molar-refractivity contribution >= 4 is 0 Å². The van der Waals surface area contributed by atoms with Crippen LogP contribution in [0.25, 0.3) is 0 Å². The Morgan fingerprint density at radius 1 is 1.31 bits per heavy atom. The van der Waals surface area contributed by atoms with Gasteiger partial charge in [-0.2, -0.15) is 0 Å². The van der Waals surface area contributed by atoms with Crippen LogP contribution in [0.4, 0.5) is 0 Å². The van der Waals surface area contributed by atoms with Crippen LogP contribution in [0.3, 0.4) is 0 Å². The Bertz CT molecular complexity index is 399. The lowest BCUT2D eigenvalue weighted by molar-refractivity contribution is 0.453. The van der Waals surface area contributed by atoms with Gasteiger partial charge in [0.25, 0.3) is 0 Å². The van der Waals surface area contributed by atoms with E-state index in [1.807, 2.05) is 18.2 Å². The Morgan fingerprint density at radius 3 is 2.81 bits per heavy atom. The van der Waals surface area contributed by atoms with Gasteiger partial charge in [0.2, 0.25) is 0 Å². The van der Waals surface area contributed by atoms with Crippen molar-refractivity contribution in [3.05, 3.63) is 48.4 Å².